The van der Waals surface area contributed by atoms with Gasteiger partial charge in [0.05, 0.1) is 29.2 Å². The molecule has 6 rings (SSSR count). The minimum atomic E-state index is -4.72. The monoisotopic (exact) mass is 613 g/mol. The first-order chi connectivity index (χ1) is 20.6. The Kier molecular flexibility index (Phi) is 8.16. The topological polar surface area (TPSA) is 102 Å². The molecule has 3 aliphatic rings. The van der Waals surface area contributed by atoms with Crippen molar-refractivity contribution in [1.29, 1.82) is 0 Å². The van der Waals surface area contributed by atoms with E-state index in [4.69, 9.17) is 10.7 Å². The van der Waals surface area contributed by atoms with E-state index in [1.807, 2.05) is 18.2 Å². The van der Waals surface area contributed by atoms with Crippen LogP contribution in [0.5, 0.6) is 5.75 Å². The number of benzene rings is 2. The fraction of sp³-hybridized carbons (Fsp3) is 0.452. The number of rotatable bonds is 10. The molecule has 0 radical (unpaired) electrons. The van der Waals surface area contributed by atoms with Crippen LogP contribution in [0.1, 0.15) is 55.3 Å². The summed E-state index contributed by atoms with van der Waals surface area (Å²) in [5, 5.41) is 4.46. The number of fused-ring (bicyclic) bond motifs is 1. The van der Waals surface area contributed by atoms with Crippen LogP contribution in [0.25, 0.3) is 5.69 Å². The first-order valence-electron chi connectivity index (χ1n) is 14.6. The van der Waals surface area contributed by atoms with Gasteiger partial charge in [0.25, 0.3) is 5.56 Å². The van der Waals surface area contributed by atoms with Gasteiger partial charge in [0.1, 0.15) is 5.75 Å². The lowest BCUT2D eigenvalue weighted by molar-refractivity contribution is -0.274. The van der Waals surface area contributed by atoms with E-state index in [0.717, 1.165) is 36.9 Å². The first kappa shape index (κ1) is 29.6. The summed E-state index contributed by atoms with van der Waals surface area (Å²) in [5.74, 6) is -0.286. The maximum absolute atomic E-state index is 13.9. The zero-order valence-electron chi connectivity index (χ0n) is 23.7. The molecular weight excluding hydrogens is 579 g/mol. The molecule has 228 valence electrons. The number of thioether (sulfide) groups is 1. The van der Waals surface area contributed by atoms with Crippen molar-refractivity contribution in [2.24, 2.45) is 0 Å². The molecule has 1 aliphatic heterocycles. The highest BCUT2D eigenvalue weighted by Crippen LogP contribution is 2.48. The Balaban J connectivity index is 1.08. The molecule has 1 amide bonds. The van der Waals surface area contributed by atoms with Crippen molar-refractivity contribution >= 4 is 23.4 Å². The highest BCUT2D eigenvalue weighted by molar-refractivity contribution is 7.99. The lowest BCUT2D eigenvalue weighted by atomic mass is 9.96. The number of carbonyl (C=O) groups is 1. The van der Waals surface area contributed by atoms with Crippen molar-refractivity contribution in [3.8, 4) is 11.4 Å². The van der Waals surface area contributed by atoms with E-state index in [2.05, 4.69) is 10.1 Å². The largest absolute Gasteiger partial charge is 0.573 e. The third-order valence-corrected chi connectivity index (χ3v) is 9.88. The van der Waals surface area contributed by atoms with Crippen LogP contribution in [0, 0.1) is 0 Å². The van der Waals surface area contributed by atoms with Gasteiger partial charge in [-0.2, -0.15) is 0 Å². The van der Waals surface area contributed by atoms with E-state index >= 15 is 0 Å². The van der Waals surface area contributed by atoms with Crippen LogP contribution in [0.15, 0.2) is 58.5 Å². The second kappa shape index (κ2) is 11.9. The predicted octanol–water partition coefficient (Wildman–Crippen LogP) is 4.95. The minimum absolute atomic E-state index is 0.0465. The number of carbonyl (C=O) groups excluding carboxylic acids is 1. The molecule has 3 N–H and O–H groups in total. The Hall–Kier alpha value is -3.51. The number of anilines is 1. The van der Waals surface area contributed by atoms with Crippen LogP contribution in [0.4, 0.5) is 18.9 Å². The van der Waals surface area contributed by atoms with E-state index in [-0.39, 0.29) is 35.6 Å². The molecule has 3 aromatic rings. The molecular formula is C31H34F3N5O3S. The Labute approximate surface area is 251 Å². The Morgan fingerprint density at radius 1 is 1.14 bits per heavy atom. The van der Waals surface area contributed by atoms with Crippen LogP contribution in [0.2, 0.25) is 0 Å². The number of alkyl halides is 3. The zero-order chi connectivity index (χ0) is 30.2. The second-order valence-electron chi connectivity index (χ2n) is 11.5. The Morgan fingerprint density at radius 3 is 2.53 bits per heavy atom. The first-order valence-corrected chi connectivity index (χ1v) is 15.5. The Morgan fingerprint density at radius 2 is 1.88 bits per heavy atom. The van der Waals surface area contributed by atoms with E-state index in [1.54, 1.807) is 39.4 Å². The third kappa shape index (κ3) is 6.54. The van der Waals surface area contributed by atoms with Gasteiger partial charge >= 0.3 is 6.36 Å². The summed E-state index contributed by atoms with van der Waals surface area (Å²) in [7, 11) is 0. The summed E-state index contributed by atoms with van der Waals surface area (Å²) in [6, 6.07) is 13.3. The smallest absolute Gasteiger partial charge is 0.406 e. The van der Waals surface area contributed by atoms with Crippen LogP contribution < -0.4 is 21.3 Å². The number of para-hydroxylation sites is 2. The van der Waals surface area contributed by atoms with E-state index < -0.39 is 6.36 Å². The number of nitrogens with one attached hydrogen (secondary N) is 1. The molecule has 43 heavy (non-hydrogen) atoms. The van der Waals surface area contributed by atoms with Gasteiger partial charge < -0.3 is 20.7 Å². The number of nitrogens with two attached hydrogens (primary N) is 1. The van der Waals surface area contributed by atoms with E-state index in [1.165, 1.54) is 18.6 Å². The molecule has 0 bridgehead atoms. The molecule has 2 heterocycles. The molecule has 8 nitrogen and oxygen atoms in total. The highest BCUT2D eigenvalue weighted by atomic mass is 32.2. The predicted molar refractivity (Wildman–Crippen MR) is 158 cm³/mol. The van der Waals surface area contributed by atoms with Gasteiger partial charge in [0.15, 0.2) is 5.16 Å². The lowest BCUT2D eigenvalue weighted by Gasteiger charge is -2.30. The number of hydrogen-bond acceptors (Lipinski definition) is 7. The summed E-state index contributed by atoms with van der Waals surface area (Å²) >= 11 is 1.63. The lowest BCUT2D eigenvalue weighted by Crippen LogP contribution is -2.42. The fourth-order valence-corrected chi connectivity index (χ4v) is 7.01. The molecule has 0 saturated heterocycles. The van der Waals surface area contributed by atoms with Gasteiger partial charge in [-0.1, -0.05) is 42.4 Å². The maximum Gasteiger partial charge on any atom is 0.573 e. The van der Waals surface area contributed by atoms with Crippen molar-refractivity contribution in [3.05, 3.63) is 75.7 Å². The SMILES string of the molecule is Nc1ccccc1-n1c(SC2CCC2)nc2c(c1=O)CN(C(=O)CCNCC1(c3ccc(OC(F)(F)F)cc3)CC1)CC2. The molecule has 2 saturated carbocycles. The quantitative estimate of drug-likeness (QED) is 0.190. The number of nitrogen functional groups attached to an aromatic ring is 1. The summed E-state index contributed by atoms with van der Waals surface area (Å²) in [6.45, 7) is 1.79. The molecule has 1 aromatic heterocycles. The molecule has 0 atom stereocenters. The van der Waals surface area contributed by atoms with Gasteiger partial charge in [-0.25, -0.2) is 4.98 Å². The van der Waals surface area contributed by atoms with E-state index in [0.29, 0.717) is 53.4 Å². The molecule has 2 fully saturated rings. The van der Waals surface area contributed by atoms with Crippen molar-refractivity contribution in [1.82, 2.24) is 19.8 Å². The van der Waals surface area contributed by atoms with Crippen LogP contribution in [0.3, 0.4) is 0 Å². The number of nitrogens with zero attached hydrogens (tertiary/aromatic N) is 3. The molecule has 0 unspecified atom stereocenters. The number of amides is 1. The Bertz CT molecular complexity index is 1550. The highest BCUT2D eigenvalue weighted by Gasteiger charge is 2.44. The molecule has 2 aromatic carbocycles. The van der Waals surface area contributed by atoms with Gasteiger partial charge in [0, 0.05) is 43.1 Å². The third-order valence-electron chi connectivity index (χ3n) is 8.59. The van der Waals surface area contributed by atoms with E-state index in [9.17, 15) is 22.8 Å². The second-order valence-corrected chi connectivity index (χ2v) is 12.8. The molecule has 12 heteroatoms. The van der Waals surface area contributed by atoms with Gasteiger partial charge in [-0.05, 0) is 55.5 Å². The van der Waals surface area contributed by atoms with Crippen LogP contribution >= 0.6 is 11.8 Å². The average molecular weight is 614 g/mol. The van der Waals surface area contributed by atoms with Crippen molar-refractivity contribution in [2.45, 2.75) is 73.7 Å². The fourth-order valence-electron chi connectivity index (χ4n) is 5.70. The van der Waals surface area contributed by atoms with Crippen molar-refractivity contribution < 1.29 is 22.7 Å². The summed E-state index contributed by atoms with van der Waals surface area (Å²) < 4.78 is 43.0. The minimum Gasteiger partial charge on any atom is -0.406 e. The number of ether oxygens (including phenoxy) is 1. The normalized spacial score (nSPS) is 17.7. The molecule has 2 aliphatic carbocycles. The van der Waals surface area contributed by atoms with Crippen molar-refractivity contribution in [2.75, 3.05) is 25.4 Å². The summed E-state index contributed by atoms with van der Waals surface area (Å²) in [4.78, 5) is 33.7. The zero-order valence-corrected chi connectivity index (χ0v) is 24.5. The van der Waals surface area contributed by atoms with Crippen LogP contribution in [-0.2, 0) is 23.2 Å². The number of hydrogen-bond donors (Lipinski definition) is 2. The van der Waals surface area contributed by atoms with Gasteiger partial charge in [-0.3, -0.25) is 14.2 Å². The van der Waals surface area contributed by atoms with Crippen LogP contribution in [-0.4, -0.2) is 51.6 Å². The summed E-state index contributed by atoms with van der Waals surface area (Å²) in [5.41, 5.74) is 9.29. The standard InChI is InChI=1S/C31H34F3N5O3S/c32-31(33,34)42-21-10-8-20(9-11-21)30(14-15-30)19-36-16-12-27(40)38-17-13-25-23(18-38)28(41)39(26-7-2-1-6-24(26)35)29(37-25)43-22-4-3-5-22/h1-2,6-11,22,36H,3-5,12-19,35H2. The average Bonchev–Trinajstić information content (AvgIpc) is 3.74. The van der Waals surface area contributed by atoms with Crippen molar-refractivity contribution in [3.63, 3.8) is 0 Å². The van der Waals surface area contributed by atoms with Gasteiger partial charge in [0.2, 0.25) is 5.91 Å². The number of halogens is 3. The number of aromatic nitrogens is 2. The maximum atomic E-state index is 13.9. The molecule has 0 spiro atoms. The summed E-state index contributed by atoms with van der Waals surface area (Å²) in [6.07, 6.45) is 1.29. The van der Waals surface area contributed by atoms with Gasteiger partial charge in [-0.15, -0.1) is 13.2 Å².